The smallest absolute Gasteiger partial charge is 0.330 e. The van der Waals surface area contributed by atoms with E-state index in [1.807, 2.05) is 13.0 Å². The summed E-state index contributed by atoms with van der Waals surface area (Å²) in [5.41, 5.74) is 0. The van der Waals surface area contributed by atoms with Crippen LogP contribution in [-0.2, 0) is 9.53 Å². The van der Waals surface area contributed by atoms with Gasteiger partial charge in [0.15, 0.2) is 0 Å². The minimum Gasteiger partial charge on any atom is -0.463 e. The number of rotatable bonds is 7. The van der Waals surface area contributed by atoms with E-state index in [-0.39, 0.29) is 5.97 Å². The summed E-state index contributed by atoms with van der Waals surface area (Å²) in [7, 11) is 0. The Labute approximate surface area is 86.7 Å². The zero-order chi connectivity index (χ0) is 10.8. The molecular formula is C11H21NO2. The lowest BCUT2D eigenvalue weighted by molar-refractivity contribution is -0.137. The van der Waals surface area contributed by atoms with Crippen LogP contribution in [0.4, 0.5) is 0 Å². The highest BCUT2D eigenvalue weighted by Crippen LogP contribution is 1.89. The Kier molecular flexibility index (Phi) is 8.24. The van der Waals surface area contributed by atoms with Crippen LogP contribution in [0, 0.1) is 0 Å². The van der Waals surface area contributed by atoms with Gasteiger partial charge in [0.25, 0.3) is 0 Å². The first-order valence-corrected chi connectivity index (χ1v) is 5.30. The highest BCUT2D eigenvalue weighted by Gasteiger charge is 1.97. The Bertz CT molecular complexity index is 174. The maximum atomic E-state index is 11.0. The number of likely N-dealkylation sites (N-methyl/N-ethyl adjacent to an activating group) is 1. The SMILES string of the molecule is CCCOC(=O)C=CCN(CC)CC. The number of carbonyl (C=O) groups is 1. The molecule has 0 unspecified atom stereocenters. The van der Waals surface area contributed by atoms with E-state index in [9.17, 15) is 4.79 Å². The standard InChI is InChI=1S/C11H21NO2/c1-4-10-14-11(13)8-7-9-12(5-2)6-3/h7-8H,4-6,9-10H2,1-3H3. The van der Waals surface area contributed by atoms with Gasteiger partial charge in [0.05, 0.1) is 6.61 Å². The van der Waals surface area contributed by atoms with Crippen molar-refractivity contribution < 1.29 is 9.53 Å². The van der Waals surface area contributed by atoms with E-state index in [2.05, 4.69) is 18.7 Å². The Hall–Kier alpha value is -0.830. The molecule has 0 aliphatic heterocycles. The molecule has 3 heteroatoms. The number of carbonyl (C=O) groups excluding carboxylic acids is 1. The summed E-state index contributed by atoms with van der Waals surface area (Å²) in [6, 6.07) is 0. The van der Waals surface area contributed by atoms with E-state index >= 15 is 0 Å². The summed E-state index contributed by atoms with van der Waals surface area (Å²) < 4.78 is 4.90. The summed E-state index contributed by atoms with van der Waals surface area (Å²) in [5.74, 6) is -0.237. The number of hydrogen-bond acceptors (Lipinski definition) is 3. The minimum atomic E-state index is -0.237. The first kappa shape index (κ1) is 13.2. The fraction of sp³-hybridized carbons (Fsp3) is 0.727. The van der Waals surface area contributed by atoms with E-state index in [0.29, 0.717) is 6.61 Å². The third-order valence-corrected chi connectivity index (χ3v) is 1.96. The fourth-order valence-electron chi connectivity index (χ4n) is 1.03. The van der Waals surface area contributed by atoms with Crippen LogP contribution in [0.3, 0.4) is 0 Å². The van der Waals surface area contributed by atoms with Gasteiger partial charge < -0.3 is 9.64 Å². The Morgan fingerprint density at radius 1 is 1.29 bits per heavy atom. The molecule has 0 saturated heterocycles. The average Bonchev–Trinajstić information content (AvgIpc) is 2.21. The summed E-state index contributed by atoms with van der Waals surface area (Å²) in [5, 5.41) is 0. The summed E-state index contributed by atoms with van der Waals surface area (Å²) >= 11 is 0. The Morgan fingerprint density at radius 3 is 2.43 bits per heavy atom. The molecule has 0 aliphatic rings. The fourth-order valence-corrected chi connectivity index (χ4v) is 1.03. The third-order valence-electron chi connectivity index (χ3n) is 1.96. The summed E-state index contributed by atoms with van der Waals surface area (Å²) in [6.45, 7) is 9.52. The van der Waals surface area contributed by atoms with Gasteiger partial charge >= 0.3 is 5.97 Å². The molecule has 0 rings (SSSR count). The van der Waals surface area contributed by atoms with Crippen LogP contribution in [0.1, 0.15) is 27.2 Å². The Balaban J connectivity index is 3.64. The lowest BCUT2D eigenvalue weighted by Gasteiger charge is -2.14. The zero-order valence-corrected chi connectivity index (χ0v) is 9.45. The second-order valence-corrected chi connectivity index (χ2v) is 3.06. The van der Waals surface area contributed by atoms with Gasteiger partial charge in [-0.05, 0) is 19.5 Å². The van der Waals surface area contributed by atoms with Gasteiger partial charge in [-0.1, -0.05) is 26.8 Å². The monoisotopic (exact) mass is 199 g/mol. The third kappa shape index (κ3) is 6.66. The predicted molar refractivity (Wildman–Crippen MR) is 58.2 cm³/mol. The molecule has 0 aromatic carbocycles. The van der Waals surface area contributed by atoms with E-state index in [4.69, 9.17) is 4.74 Å². The minimum absolute atomic E-state index is 0.237. The van der Waals surface area contributed by atoms with Gasteiger partial charge in [0.2, 0.25) is 0 Å². The molecule has 0 aliphatic carbocycles. The normalized spacial score (nSPS) is 11.1. The van der Waals surface area contributed by atoms with Crippen molar-refractivity contribution in [2.75, 3.05) is 26.2 Å². The first-order valence-electron chi connectivity index (χ1n) is 5.30. The lowest BCUT2D eigenvalue weighted by atomic mass is 10.4. The largest absolute Gasteiger partial charge is 0.463 e. The molecule has 0 aromatic rings. The van der Waals surface area contributed by atoms with Crippen molar-refractivity contribution in [3.05, 3.63) is 12.2 Å². The van der Waals surface area contributed by atoms with E-state index in [1.54, 1.807) is 0 Å². The van der Waals surface area contributed by atoms with Gasteiger partial charge in [-0.2, -0.15) is 0 Å². The van der Waals surface area contributed by atoms with Crippen molar-refractivity contribution in [3.63, 3.8) is 0 Å². The van der Waals surface area contributed by atoms with Crippen LogP contribution < -0.4 is 0 Å². The molecule has 0 radical (unpaired) electrons. The second-order valence-electron chi connectivity index (χ2n) is 3.06. The summed E-state index contributed by atoms with van der Waals surface area (Å²) in [6.07, 6.45) is 4.23. The first-order chi connectivity index (χ1) is 6.74. The number of esters is 1. The average molecular weight is 199 g/mol. The zero-order valence-electron chi connectivity index (χ0n) is 9.45. The molecule has 14 heavy (non-hydrogen) atoms. The second kappa shape index (κ2) is 8.75. The molecule has 0 amide bonds. The molecule has 82 valence electrons. The molecule has 0 aromatic heterocycles. The van der Waals surface area contributed by atoms with E-state index in [1.165, 1.54) is 6.08 Å². The maximum absolute atomic E-state index is 11.0. The van der Waals surface area contributed by atoms with Crippen molar-refractivity contribution in [3.8, 4) is 0 Å². The quantitative estimate of drug-likeness (QED) is 0.463. The van der Waals surface area contributed by atoms with Crippen LogP contribution in [0.25, 0.3) is 0 Å². The Morgan fingerprint density at radius 2 is 1.93 bits per heavy atom. The molecule has 0 bridgehead atoms. The topological polar surface area (TPSA) is 29.5 Å². The maximum Gasteiger partial charge on any atom is 0.330 e. The van der Waals surface area contributed by atoms with Gasteiger partial charge in [0, 0.05) is 12.6 Å². The van der Waals surface area contributed by atoms with Crippen LogP contribution in [0.5, 0.6) is 0 Å². The van der Waals surface area contributed by atoms with Crippen LogP contribution in [0.15, 0.2) is 12.2 Å². The van der Waals surface area contributed by atoms with Crippen molar-refractivity contribution in [1.29, 1.82) is 0 Å². The molecule has 0 atom stereocenters. The van der Waals surface area contributed by atoms with E-state index < -0.39 is 0 Å². The molecule has 0 saturated carbocycles. The van der Waals surface area contributed by atoms with Gasteiger partial charge in [0.1, 0.15) is 0 Å². The van der Waals surface area contributed by atoms with Crippen molar-refractivity contribution >= 4 is 5.97 Å². The van der Waals surface area contributed by atoms with Crippen LogP contribution in [-0.4, -0.2) is 37.1 Å². The molecule has 0 spiro atoms. The molecule has 0 heterocycles. The molecule has 3 nitrogen and oxygen atoms in total. The molecule has 0 fully saturated rings. The van der Waals surface area contributed by atoms with Crippen LogP contribution >= 0.6 is 0 Å². The lowest BCUT2D eigenvalue weighted by Crippen LogP contribution is -2.22. The summed E-state index contributed by atoms with van der Waals surface area (Å²) in [4.78, 5) is 13.3. The number of hydrogen-bond donors (Lipinski definition) is 0. The van der Waals surface area contributed by atoms with Crippen LogP contribution in [0.2, 0.25) is 0 Å². The number of ether oxygens (including phenoxy) is 1. The molecule has 0 N–H and O–H groups in total. The van der Waals surface area contributed by atoms with E-state index in [0.717, 1.165) is 26.1 Å². The highest BCUT2D eigenvalue weighted by atomic mass is 16.5. The van der Waals surface area contributed by atoms with Gasteiger partial charge in [-0.3, -0.25) is 0 Å². The van der Waals surface area contributed by atoms with Crippen molar-refractivity contribution in [1.82, 2.24) is 4.90 Å². The van der Waals surface area contributed by atoms with Gasteiger partial charge in [-0.25, -0.2) is 4.79 Å². The molecular weight excluding hydrogens is 178 g/mol. The predicted octanol–water partition coefficient (Wildman–Crippen LogP) is 1.84. The number of nitrogens with zero attached hydrogens (tertiary/aromatic N) is 1. The van der Waals surface area contributed by atoms with Crippen molar-refractivity contribution in [2.45, 2.75) is 27.2 Å². The van der Waals surface area contributed by atoms with Crippen molar-refractivity contribution in [2.24, 2.45) is 0 Å². The van der Waals surface area contributed by atoms with Gasteiger partial charge in [-0.15, -0.1) is 0 Å². The highest BCUT2D eigenvalue weighted by molar-refractivity contribution is 5.81.